The molecular formula is C6H13N2O4P. The van der Waals surface area contributed by atoms with E-state index in [9.17, 15) is 14.2 Å². The monoisotopic (exact) mass is 208 g/mol. The molecule has 0 saturated heterocycles. The molecule has 0 bridgehead atoms. The van der Waals surface area contributed by atoms with E-state index in [1.165, 1.54) is 0 Å². The first-order chi connectivity index (χ1) is 5.85. The number of aldehydes is 1. The maximum Gasteiger partial charge on any atom is 0.229 e. The predicted molar refractivity (Wildman–Crippen MR) is 47.7 cm³/mol. The topological polar surface area (TPSA) is 109 Å². The van der Waals surface area contributed by atoms with Crippen LogP contribution in [0.3, 0.4) is 0 Å². The van der Waals surface area contributed by atoms with Crippen molar-refractivity contribution in [2.24, 2.45) is 5.73 Å². The van der Waals surface area contributed by atoms with Crippen LogP contribution in [0, 0.1) is 0 Å². The van der Waals surface area contributed by atoms with Crippen molar-refractivity contribution >= 4 is 19.6 Å². The fourth-order valence-corrected chi connectivity index (χ4v) is 1.25. The first-order valence-electron chi connectivity index (χ1n) is 3.62. The number of hydrogen-bond donors (Lipinski definition) is 3. The second-order valence-electron chi connectivity index (χ2n) is 2.81. The van der Waals surface area contributed by atoms with Crippen molar-refractivity contribution < 1.29 is 19.0 Å². The third-order valence-corrected chi connectivity index (χ3v) is 2.02. The Morgan fingerprint density at radius 2 is 2.31 bits per heavy atom. The number of carbonyl (C=O) groups is 2. The normalized spacial score (nSPS) is 17.2. The van der Waals surface area contributed by atoms with Crippen molar-refractivity contribution in [1.29, 1.82) is 0 Å². The zero-order valence-corrected chi connectivity index (χ0v) is 8.16. The Balaban J connectivity index is 3.77. The maximum atomic E-state index is 10.9. The summed E-state index contributed by atoms with van der Waals surface area (Å²) in [5.41, 5.74) is 5.17. The highest BCUT2D eigenvalue weighted by molar-refractivity contribution is 7.58. The van der Waals surface area contributed by atoms with Gasteiger partial charge >= 0.3 is 0 Å². The van der Waals surface area contributed by atoms with Gasteiger partial charge in [0.15, 0.2) is 0 Å². The van der Waals surface area contributed by atoms with Crippen LogP contribution in [0.4, 0.5) is 0 Å². The summed E-state index contributed by atoms with van der Waals surface area (Å²) in [5.74, 6) is -0.578. The van der Waals surface area contributed by atoms with Crippen molar-refractivity contribution in [2.75, 3.05) is 19.4 Å². The van der Waals surface area contributed by atoms with Crippen molar-refractivity contribution in [3.8, 4) is 0 Å². The van der Waals surface area contributed by atoms with Gasteiger partial charge in [-0.2, -0.15) is 0 Å². The molecule has 4 N–H and O–H groups in total. The van der Waals surface area contributed by atoms with E-state index in [2.05, 4.69) is 5.32 Å². The molecule has 13 heavy (non-hydrogen) atoms. The van der Waals surface area contributed by atoms with Crippen LogP contribution in [0.2, 0.25) is 0 Å². The third kappa shape index (κ3) is 7.64. The minimum absolute atomic E-state index is 0.0116. The molecule has 1 amide bonds. The molecule has 0 saturated carbocycles. The van der Waals surface area contributed by atoms with E-state index in [0.717, 1.165) is 6.66 Å². The fraction of sp³-hybridized carbons (Fsp3) is 0.667. The Kier molecular flexibility index (Phi) is 4.83. The third-order valence-electron chi connectivity index (χ3n) is 1.15. The summed E-state index contributed by atoms with van der Waals surface area (Å²) in [6.45, 7) is 1.08. The van der Waals surface area contributed by atoms with Crippen LogP contribution in [0.1, 0.15) is 0 Å². The second-order valence-corrected chi connectivity index (χ2v) is 5.23. The van der Waals surface area contributed by atoms with E-state index in [1.807, 2.05) is 0 Å². The minimum Gasteiger partial charge on any atom is -0.354 e. The van der Waals surface area contributed by atoms with Gasteiger partial charge in [-0.15, -0.1) is 0 Å². The molecule has 0 aromatic rings. The van der Waals surface area contributed by atoms with Crippen LogP contribution < -0.4 is 11.1 Å². The van der Waals surface area contributed by atoms with Crippen LogP contribution in [0.5, 0.6) is 0 Å². The standard InChI is InChI=1S/C6H13N2O4P/c1-13(11,12)4-6(10)8-2-5(7)3-9/h3,5H,2,4,7H2,1H3,(H,8,10)(H,11,12). The van der Waals surface area contributed by atoms with Gasteiger partial charge in [0.25, 0.3) is 0 Å². The molecule has 0 rings (SSSR count). The van der Waals surface area contributed by atoms with Gasteiger partial charge in [-0.25, -0.2) is 0 Å². The summed E-state index contributed by atoms with van der Waals surface area (Å²) in [7, 11) is -3.33. The quantitative estimate of drug-likeness (QED) is 0.377. The predicted octanol–water partition coefficient (Wildman–Crippen LogP) is -1.47. The average molecular weight is 208 g/mol. The lowest BCUT2D eigenvalue weighted by Gasteiger charge is -2.08. The summed E-state index contributed by atoms with van der Waals surface area (Å²) in [4.78, 5) is 29.7. The molecule has 0 aliphatic heterocycles. The molecule has 0 spiro atoms. The lowest BCUT2D eigenvalue weighted by atomic mass is 10.3. The Bertz CT molecular complexity index is 237. The van der Waals surface area contributed by atoms with E-state index in [1.54, 1.807) is 0 Å². The smallest absolute Gasteiger partial charge is 0.229 e. The molecule has 0 heterocycles. The van der Waals surface area contributed by atoms with Gasteiger partial charge in [0.2, 0.25) is 13.3 Å². The SMILES string of the molecule is CP(=O)(O)CC(=O)NCC(N)C=O. The Morgan fingerprint density at radius 1 is 1.77 bits per heavy atom. The highest BCUT2D eigenvalue weighted by Crippen LogP contribution is 2.33. The van der Waals surface area contributed by atoms with Crippen LogP contribution in [-0.4, -0.2) is 42.5 Å². The second kappa shape index (κ2) is 5.11. The Morgan fingerprint density at radius 3 is 2.69 bits per heavy atom. The Labute approximate surface area is 75.9 Å². The number of amides is 1. The lowest BCUT2D eigenvalue weighted by Crippen LogP contribution is -2.39. The first-order valence-corrected chi connectivity index (χ1v) is 5.91. The number of nitrogens with two attached hydrogens (primary N) is 1. The van der Waals surface area contributed by atoms with Gasteiger partial charge in [0.1, 0.15) is 12.4 Å². The van der Waals surface area contributed by atoms with Crippen LogP contribution in [0.15, 0.2) is 0 Å². The molecular weight excluding hydrogens is 195 g/mol. The van der Waals surface area contributed by atoms with Crippen LogP contribution in [-0.2, 0) is 14.2 Å². The molecule has 0 aromatic heterocycles. The largest absolute Gasteiger partial charge is 0.354 e. The van der Waals surface area contributed by atoms with E-state index >= 15 is 0 Å². The number of rotatable bonds is 5. The molecule has 76 valence electrons. The van der Waals surface area contributed by atoms with E-state index in [0.29, 0.717) is 6.29 Å². The zero-order valence-electron chi connectivity index (χ0n) is 7.27. The van der Waals surface area contributed by atoms with E-state index < -0.39 is 25.5 Å². The van der Waals surface area contributed by atoms with Crippen molar-refractivity contribution in [3.63, 3.8) is 0 Å². The number of carbonyl (C=O) groups excluding carboxylic acids is 2. The highest BCUT2D eigenvalue weighted by Gasteiger charge is 2.16. The van der Waals surface area contributed by atoms with Gasteiger partial charge in [0, 0.05) is 13.2 Å². The Hall–Kier alpha value is -0.710. The number of hydrogen-bond acceptors (Lipinski definition) is 4. The van der Waals surface area contributed by atoms with Crippen molar-refractivity contribution in [1.82, 2.24) is 5.32 Å². The van der Waals surface area contributed by atoms with Gasteiger partial charge in [0.05, 0.1) is 6.04 Å². The summed E-state index contributed by atoms with van der Waals surface area (Å²) >= 11 is 0. The van der Waals surface area contributed by atoms with Gasteiger partial charge in [-0.1, -0.05) is 0 Å². The lowest BCUT2D eigenvalue weighted by molar-refractivity contribution is -0.118. The van der Waals surface area contributed by atoms with Gasteiger partial charge in [-0.05, 0) is 0 Å². The van der Waals surface area contributed by atoms with Crippen molar-refractivity contribution in [2.45, 2.75) is 6.04 Å². The van der Waals surface area contributed by atoms with Gasteiger partial charge < -0.3 is 20.7 Å². The average Bonchev–Trinajstić information content (AvgIpc) is 1.97. The summed E-state index contributed by atoms with van der Waals surface area (Å²) < 4.78 is 10.7. The highest BCUT2D eigenvalue weighted by atomic mass is 31.2. The molecule has 0 radical (unpaired) electrons. The number of nitrogens with one attached hydrogen (secondary N) is 1. The summed E-state index contributed by atoms with van der Waals surface area (Å²) in [5, 5.41) is 2.26. The molecule has 7 heteroatoms. The fourth-order valence-electron chi connectivity index (χ4n) is 0.602. The molecule has 2 atom stereocenters. The van der Waals surface area contributed by atoms with Crippen LogP contribution >= 0.6 is 7.37 Å². The van der Waals surface area contributed by atoms with E-state index in [4.69, 9.17) is 10.6 Å². The van der Waals surface area contributed by atoms with Crippen molar-refractivity contribution in [3.05, 3.63) is 0 Å². The summed E-state index contributed by atoms with van der Waals surface area (Å²) in [6, 6.07) is -0.765. The molecule has 6 nitrogen and oxygen atoms in total. The molecule has 0 aromatic carbocycles. The molecule has 0 fully saturated rings. The molecule has 0 aliphatic carbocycles. The molecule has 2 unspecified atom stereocenters. The summed E-state index contributed by atoms with van der Waals surface area (Å²) in [6.07, 6.45) is 0.0450. The zero-order chi connectivity index (χ0) is 10.5. The van der Waals surface area contributed by atoms with E-state index in [-0.39, 0.29) is 6.54 Å². The van der Waals surface area contributed by atoms with Crippen LogP contribution in [0.25, 0.3) is 0 Å². The maximum absolute atomic E-state index is 10.9. The van der Waals surface area contributed by atoms with Gasteiger partial charge in [-0.3, -0.25) is 9.36 Å². The molecule has 0 aliphatic rings. The first kappa shape index (κ1) is 12.3. The minimum atomic E-state index is -3.33.